The van der Waals surface area contributed by atoms with Gasteiger partial charge in [-0.15, -0.1) is 0 Å². The zero-order valence-electron chi connectivity index (χ0n) is 32.5. The number of aliphatic hydroxyl groups excluding tert-OH is 1. The number of pyridine rings is 1. The molecule has 4 aliphatic heterocycles. The van der Waals surface area contributed by atoms with E-state index in [0.717, 1.165) is 0 Å². The lowest BCUT2D eigenvalue weighted by Crippen LogP contribution is -2.60. The van der Waals surface area contributed by atoms with Gasteiger partial charge in [0.15, 0.2) is 11.9 Å². The summed E-state index contributed by atoms with van der Waals surface area (Å²) in [4.78, 5) is 60.5. The summed E-state index contributed by atoms with van der Waals surface area (Å²) in [6.45, 7) is 14.2. The number of amides is 1. The summed E-state index contributed by atoms with van der Waals surface area (Å²) in [5.74, 6) is -4.18. The van der Waals surface area contributed by atoms with Gasteiger partial charge < -0.3 is 48.5 Å². The quantitative estimate of drug-likeness (QED) is 0.304. The van der Waals surface area contributed by atoms with Crippen LogP contribution in [0.4, 0.5) is 9.59 Å². The topological polar surface area (TPSA) is 181 Å². The van der Waals surface area contributed by atoms with E-state index in [1.807, 2.05) is 46.7 Å². The number of esters is 2. The van der Waals surface area contributed by atoms with Gasteiger partial charge in [-0.1, -0.05) is 33.8 Å². The van der Waals surface area contributed by atoms with E-state index in [-0.39, 0.29) is 37.3 Å². The second-order valence-corrected chi connectivity index (χ2v) is 16.1. The molecule has 296 valence electrons. The van der Waals surface area contributed by atoms with Crippen LogP contribution in [0.3, 0.4) is 0 Å². The van der Waals surface area contributed by atoms with E-state index in [9.17, 15) is 24.3 Å². The van der Waals surface area contributed by atoms with Gasteiger partial charge in [0.25, 0.3) is 0 Å². The summed E-state index contributed by atoms with van der Waals surface area (Å²) in [5.41, 5.74) is -2.20. The van der Waals surface area contributed by atoms with Crippen LogP contribution in [0.25, 0.3) is 0 Å². The van der Waals surface area contributed by atoms with Crippen molar-refractivity contribution in [1.82, 2.24) is 15.2 Å². The molecule has 4 aliphatic rings. The lowest BCUT2D eigenvalue weighted by Gasteiger charge is -2.47. The van der Waals surface area contributed by atoms with Gasteiger partial charge in [0.05, 0.1) is 24.5 Å². The molecule has 4 saturated heterocycles. The minimum atomic E-state index is -1.46. The number of fused-ring (bicyclic) bond motifs is 4. The summed E-state index contributed by atoms with van der Waals surface area (Å²) < 4.78 is 43.4. The van der Waals surface area contributed by atoms with Crippen molar-refractivity contribution in [2.45, 2.75) is 147 Å². The van der Waals surface area contributed by atoms with Crippen molar-refractivity contribution in [1.29, 1.82) is 0 Å². The molecule has 53 heavy (non-hydrogen) atoms. The van der Waals surface area contributed by atoms with E-state index < -0.39 is 96.0 Å². The SMILES string of the molecule is CC[C@@H]1OC(=O)[C@H](C)[C@@H](OC(=O)Cc2cccnc2)[C@H](C)[C@@H](O[C@@H]2O[C@H](C)C[C@H](N(C)C)[C@H]2O)[C@@]2(C)C[C@@H](C)[C@H](OC(=O)O2)[C@@H](C)[C@H]2NC(=O)O[C@]12C. The fraction of sp³-hybridized carbons (Fsp3) is 0.763. The van der Waals surface area contributed by atoms with E-state index in [0.29, 0.717) is 12.0 Å². The Hall–Kier alpha value is -3.53. The standard InChI is InChI=1S/C38H57N3O12/c1-11-26-38(8)31(40-35(45)52-38)21(4)29-19(2)17-37(7,53-36(46)50-29)32(51-34-28(43)25(41(9)10)15-20(3)47-34)22(5)30(23(6)33(44)48-26)49-27(42)16-24-13-12-14-39-18-24/h12-14,18-23,25-26,28-32,34,43H,11,15-17H2,1-10H3,(H,40,45)/t19-,20-,21-,22+,23-,25+,26+,28-,29+,30+,31-,32-,34+,37-,38-/m1/s1. The molecule has 4 fully saturated rings. The predicted molar refractivity (Wildman–Crippen MR) is 188 cm³/mol. The van der Waals surface area contributed by atoms with Crippen molar-refractivity contribution in [3.8, 4) is 0 Å². The molecule has 1 aromatic rings. The van der Waals surface area contributed by atoms with Crippen LogP contribution in [0.2, 0.25) is 0 Å². The maximum atomic E-state index is 14.3. The van der Waals surface area contributed by atoms with E-state index in [1.54, 1.807) is 52.2 Å². The average molecular weight is 748 g/mol. The number of carbonyl (C=O) groups excluding carboxylic acids is 4. The molecular formula is C38H57N3O12. The highest BCUT2D eigenvalue weighted by Gasteiger charge is 2.59. The average Bonchev–Trinajstić information content (AvgIpc) is 3.34. The molecule has 0 saturated carbocycles. The van der Waals surface area contributed by atoms with Crippen LogP contribution in [-0.4, -0.2) is 119 Å². The maximum absolute atomic E-state index is 14.3. The molecule has 15 atom stereocenters. The molecule has 0 spiro atoms. The van der Waals surface area contributed by atoms with Gasteiger partial charge in [0.1, 0.15) is 36.1 Å². The number of rotatable bonds is 7. The number of aromatic nitrogens is 1. The Morgan fingerprint density at radius 3 is 2.43 bits per heavy atom. The van der Waals surface area contributed by atoms with Crippen molar-refractivity contribution in [2.24, 2.45) is 23.7 Å². The van der Waals surface area contributed by atoms with E-state index in [2.05, 4.69) is 10.3 Å². The maximum Gasteiger partial charge on any atom is 0.509 e. The van der Waals surface area contributed by atoms with Crippen LogP contribution in [0.15, 0.2) is 24.5 Å². The molecule has 2 N–H and O–H groups in total. The smallest absolute Gasteiger partial charge is 0.461 e. The second kappa shape index (κ2) is 16.1. The van der Waals surface area contributed by atoms with Crippen LogP contribution in [0.5, 0.6) is 0 Å². The van der Waals surface area contributed by atoms with Gasteiger partial charge in [0, 0.05) is 30.3 Å². The molecule has 5 rings (SSSR count). The molecule has 1 aromatic heterocycles. The first kappa shape index (κ1) is 40.7. The zero-order valence-corrected chi connectivity index (χ0v) is 32.5. The summed E-state index contributed by atoms with van der Waals surface area (Å²) in [6, 6.07) is 2.39. The van der Waals surface area contributed by atoms with E-state index in [4.69, 9.17) is 33.2 Å². The van der Waals surface area contributed by atoms with Gasteiger partial charge >= 0.3 is 24.2 Å². The second-order valence-electron chi connectivity index (χ2n) is 16.1. The van der Waals surface area contributed by atoms with Crippen LogP contribution in [0, 0.1) is 23.7 Å². The summed E-state index contributed by atoms with van der Waals surface area (Å²) in [5, 5.41) is 14.5. The molecule has 0 aromatic carbocycles. The largest absolute Gasteiger partial charge is 0.509 e. The van der Waals surface area contributed by atoms with Crippen LogP contribution in [0.1, 0.15) is 80.2 Å². The van der Waals surface area contributed by atoms with E-state index in [1.165, 1.54) is 0 Å². The first-order chi connectivity index (χ1) is 24.9. The minimum Gasteiger partial charge on any atom is -0.461 e. The number of alkyl carbamates (subject to hydrolysis) is 1. The van der Waals surface area contributed by atoms with Crippen LogP contribution in [-0.2, 0) is 49.2 Å². The predicted octanol–water partition coefficient (Wildman–Crippen LogP) is 3.78. The third-order valence-electron chi connectivity index (χ3n) is 11.7. The van der Waals surface area contributed by atoms with Crippen molar-refractivity contribution >= 4 is 24.2 Å². The highest BCUT2D eigenvalue weighted by atomic mass is 16.8. The normalized spacial score (nSPS) is 42.2. The third kappa shape index (κ3) is 8.42. The third-order valence-corrected chi connectivity index (χ3v) is 11.7. The van der Waals surface area contributed by atoms with Crippen molar-refractivity contribution in [3.63, 3.8) is 0 Å². The zero-order chi connectivity index (χ0) is 39.0. The van der Waals surface area contributed by atoms with Crippen molar-refractivity contribution < 1.29 is 57.4 Å². The number of aliphatic hydroxyl groups is 1. The number of cyclic esters (lactones) is 1. The Labute approximate surface area is 311 Å². The van der Waals surface area contributed by atoms with Gasteiger partial charge in [-0.05, 0) is 78.6 Å². The highest BCUT2D eigenvalue weighted by Crippen LogP contribution is 2.45. The first-order valence-electron chi connectivity index (χ1n) is 18.7. The molecule has 0 aliphatic carbocycles. The minimum absolute atomic E-state index is 0.132. The van der Waals surface area contributed by atoms with Gasteiger partial charge in [-0.3, -0.25) is 14.6 Å². The first-order valence-corrected chi connectivity index (χ1v) is 18.7. The Balaban J connectivity index is 1.63. The van der Waals surface area contributed by atoms with Gasteiger partial charge in [-0.2, -0.15) is 0 Å². The monoisotopic (exact) mass is 747 g/mol. The molecule has 2 bridgehead atoms. The lowest BCUT2D eigenvalue weighted by molar-refractivity contribution is -0.298. The molecule has 5 heterocycles. The number of nitrogens with zero attached hydrogens (tertiary/aromatic N) is 2. The molecule has 0 radical (unpaired) electrons. The number of hydrogen-bond donors (Lipinski definition) is 2. The van der Waals surface area contributed by atoms with Gasteiger partial charge in [-0.25, -0.2) is 9.59 Å². The number of ether oxygens (including phenoxy) is 7. The fourth-order valence-electron chi connectivity index (χ4n) is 9.02. The Morgan fingerprint density at radius 2 is 1.79 bits per heavy atom. The molecule has 1 amide bonds. The number of carbonyl (C=O) groups is 4. The summed E-state index contributed by atoms with van der Waals surface area (Å²) in [6.07, 6.45) is -4.20. The lowest BCUT2D eigenvalue weighted by atomic mass is 9.72. The highest BCUT2D eigenvalue weighted by molar-refractivity contribution is 5.76. The number of likely N-dealkylation sites (N-methyl/N-ethyl adjacent to an activating group) is 1. The fourth-order valence-corrected chi connectivity index (χ4v) is 9.02. The van der Waals surface area contributed by atoms with Crippen LogP contribution < -0.4 is 5.32 Å². The molecule has 15 heteroatoms. The Bertz CT molecular complexity index is 1480. The van der Waals surface area contributed by atoms with Crippen molar-refractivity contribution in [3.05, 3.63) is 30.1 Å². The number of hydrogen-bond acceptors (Lipinski definition) is 14. The summed E-state index contributed by atoms with van der Waals surface area (Å²) >= 11 is 0. The molecular weight excluding hydrogens is 690 g/mol. The number of nitrogens with one attached hydrogen (secondary N) is 1. The molecule has 15 nitrogen and oxygen atoms in total. The molecule has 0 unspecified atom stereocenters. The Kier molecular flexibility index (Phi) is 12.3. The van der Waals surface area contributed by atoms with Gasteiger partial charge in [0.2, 0.25) is 0 Å². The van der Waals surface area contributed by atoms with E-state index >= 15 is 0 Å². The van der Waals surface area contributed by atoms with Crippen LogP contribution >= 0.6 is 0 Å². The Morgan fingerprint density at radius 1 is 1.08 bits per heavy atom. The summed E-state index contributed by atoms with van der Waals surface area (Å²) in [7, 11) is 3.72. The van der Waals surface area contributed by atoms with Crippen molar-refractivity contribution in [2.75, 3.05) is 14.1 Å².